The van der Waals surface area contributed by atoms with E-state index in [1.807, 2.05) is 0 Å². The molecule has 0 atom stereocenters. The Balaban J connectivity index is 2.30. The lowest BCUT2D eigenvalue weighted by molar-refractivity contribution is -0.118. The van der Waals surface area contributed by atoms with E-state index in [-0.39, 0.29) is 11.8 Å². The molecule has 2 rings (SSSR count). The van der Waals surface area contributed by atoms with E-state index in [9.17, 15) is 9.59 Å². The highest BCUT2D eigenvalue weighted by atomic mass is 35.5. The molecular formula is C13H16ClN3O2. The highest BCUT2D eigenvalue weighted by Crippen LogP contribution is 2.34. The zero-order valence-corrected chi connectivity index (χ0v) is 11.6. The van der Waals surface area contributed by atoms with Crippen LogP contribution in [0.2, 0.25) is 5.02 Å². The van der Waals surface area contributed by atoms with Crippen molar-refractivity contribution in [1.82, 2.24) is 4.90 Å². The van der Waals surface area contributed by atoms with Crippen molar-refractivity contribution >= 4 is 29.1 Å². The van der Waals surface area contributed by atoms with Crippen LogP contribution in [0, 0.1) is 0 Å². The third-order valence-corrected chi connectivity index (χ3v) is 3.34. The third kappa shape index (κ3) is 2.88. The Morgan fingerprint density at radius 2 is 2.00 bits per heavy atom. The normalized spacial score (nSPS) is 15.8. The third-order valence-electron chi connectivity index (χ3n) is 3.11. The summed E-state index contributed by atoms with van der Waals surface area (Å²) in [6.07, 6.45) is 1.33. The molecule has 1 fully saturated rings. The molecule has 0 unspecified atom stereocenters. The summed E-state index contributed by atoms with van der Waals surface area (Å²) in [5.41, 5.74) is 5.82. The predicted molar refractivity (Wildman–Crippen MR) is 74.3 cm³/mol. The first-order valence-electron chi connectivity index (χ1n) is 5.95. The average Bonchev–Trinajstić information content (AvgIpc) is 3.08. The number of halogens is 1. The van der Waals surface area contributed by atoms with Gasteiger partial charge in [0.2, 0.25) is 5.91 Å². The number of anilines is 1. The standard InChI is InChI=1S/C13H16ClN3O2/c1-17(2)11(18)9-4-3-8(14)7-10(9)16-12(19)13(15)5-6-13/h3-4,7H,5-6,15H2,1-2H3,(H,16,19). The SMILES string of the molecule is CN(C)C(=O)c1ccc(Cl)cc1NC(=O)C1(N)CC1. The van der Waals surface area contributed by atoms with Gasteiger partial charge >= 0.3 is 0 Å². The van der Waals surface area contributed by atoms with E-state index in [2.05, 4.69) is 5.32 Å². The van der Waals surface area contributed by atoms with Crippen LogP contribution in [-0.4, -0.2) is 36.3 Å². The molecule has 1 aliphatic carbocycles. The summed E-state index contributed by atoms with van der Waals surface area (Å²) >= 11 is 5.91. The summed E-state index contributed by atoms with van der Waals surface area (Å²) in [4.78, 5) is 25.4. The molecule has 0 heterocycles. The van der Waals surface area contributed by atoms with Gasteiger partial charge in [-0.3, -0.25) is 9.59 Å². The van der Waals surface area contributed by atoms with E-state index >= 15 is 0 Å². The molecular weight excluding hydrogens is 266 g/mol. The first-order chi connectivity index (χ1) is 8.83. The van der Waals surface area contributed by atoms with Crippen LogP contribution in [-0.2, 0) is 4.79 Å². The molecule has 102 valence electrons. The number of nitrogens with two attached hydrogens (primary N) is 1. The first kappa shape index (κ1) is 13.8. The second kappa shape index (κ2) is 4.83. The maximum atomic E-state index is 12.0. The monoisotopic (exact) mass is 281 g/mol. The highest BCUT2D eigenvalue weighted by Gasteiger charge is 2.46. The molecule has 0 saturated heterocycles. The van der Waals surface area contributed by atoms with Gasteiger partial charge in [-0.05, 0) is 31.0 Å². The Bertz CT molecular complexity index is 539. The number of nitrogens with zero attached hydrogens (tertiary/aromatic N) is 1. The molecule has 0 radical (unpaired) electrons. The van der Waals surface area contributed by atoms with E-state index in [0.717, 1.165) is 0 Å². The van der Waals surface area contributed by atoms with Crippen molar-refractivity contribution in [3.63, 3.8) is 0 Å². The average molecular weight is 282 g/mol. The van der Waals surface area contributed by atoms with Crippen LogP contribution >= 0.6 is 11.6 Å². The van der Waals surface area contributed by atoms with Crippen molar-refractivity contribution in [3.05, 3.63) is 28.8 Å². The number of carbonyl (C=O) groups excluding carboxylic acids is 2. The minimum absolute atomic E-state index is 0.200. The molecule has 2 amide bonds. The Labute approximate surface area is 116 Å². The molecule has 0 spiro atoms. The van der Waals surface area contributed by atoms with Crippen LogP contribution < -0.4 is 11.1 Å². The molecule has 5 nitrogen and oxygen atoms in total. The Morgan fingerprint density at radius 3 is 2.53 bits per heavy atom. The van der Waals surface area contributed by atoms with Crippen molar-refractivity contribution in [1.29, 1.82) is 0 Å². The van der Waals surface area contributed by atoms with Gasteiger partial charge in [-0.2, -0.15) is 0 Å². The number of rotatable bonds is 3. The van der Waals surface area contributed by atoms with Gasteiger partial charge in [-0.15, -0.1) is 0 Å². The number of carbonyl (C=O) groups is 2. The van der Waals surface area contributed by atoms with Crippen molar-refractivity contribution in [2.45, 2.75) is 18.4 Å². The molecule has 0 aliphatic heterocycles. The van der Waals surface area contributed by atoms with Crippen LogP contribution in [0.1, 0.15) is 23.2 Å². The number of benzene rings is 1. The minimum atomic E-state index is -0.791. The molecule has 1 aliphatic rings. The minimum Gasteiger partial charge on any atom is -0.345 e. The van der Waals surface area contributed by atoms with Gasteiger partial charge in [0.1, 0.15) is 0 Å². The Hall–Kier alpha value is -1.59. The van der Waals surface area contributed by atoms with Crippen molar-refractivity contribution in [3.8, 4) is 0 Å². The second-order valence-corrected chi connectivity index (χ2v) is 5.44. The number of hydrogen-bond donors (Lipinski definition) is 2. The smallest absolute Gasteiger partial charge is 0.255 e. The maximum Gasteiger partial charge on any atom is 0.255 e. The zero-order chi connectivity index (χ0) is 14.2. The lowest BCUT2D eigenvalue weighted by Gasteiger charge is -2.16. The molecule has 0 bridgehead atoms. The van der Waals surface area contributed by atoms with Crippen LogP contribution in [0.5, 0.6) is 0 Å². The molecule has 1 saturated carbocycles. The summed E-state index contributed by atoms with van der Waals surface area (Å²) in [5.74, 6) is -0.476. The zero-order valence-electron chi connectivity index (χ0n) is 10.9. The summed E-state index contributed by atoms with van der Waals surface area (Å²) < 4.78 is 0. The predicted octanol–water partition coefficient (Wildman–Crippen LogP) is 1.47. The van der Waals surface area contributed by atoms with Crippen molar-refractivity contribution in [2.75, 3.05) is 19.4 Å². The molecule has 19 heavy (non-hydrogen) atoms. The van der Waals surface area contributed by atoms with Crippen LogP contribution in [0.3, 0.4) is 0 Å². The lowest BCUT2D eigenvalue weighted by Crippen LogP contribution is -2.38. The number of hydrogen-bond acceptors (Lipinski definition) is 3. The van der Waals surface area contributed by atoms with E-state index in [1.54, 1.807) is 32.3 Å². The Morgan fingerprint density at radius 1 is 1.37 bits per heavy atom. The second-order valence-electron chi connectivity index (χ2n) is 5.00. The molecule has 6 heteroatoms. The van der Waals surface area contributed by atoms with Crippen LogP contribution in [0.25, 0.3) is 0 Å². The largest absolute Gasteiger partial charge is 0.345 e. The summed E-state index contributed by atoms with van der Waals surface area (Å²) in [6.45, 7) is 0. The van der Waals surface area contributed by atoms with E-state index in [4.69, 9.17) is 17.3 Å². The van der Waals surface area contributed by atoms with Crippen molar-refractivity contribution in [2.24, 2.45) is 5.73 Å². The van der Waals surface area contributed by atoms with Gasteiger partial charge in [0, 0.05) is 19.1 Å². The van der Waals surface area contributed by atoms with Gasteiger partial charge in [0.15, 0.2) is 0 Å². The summed E-state index contributed by atoms with van der Waals surface area (Å²) in [7, 11) is 3.29. The van der Waals surface area contributed by atoms with Gasteiger partial charge in [0.05, 0.1) is 16.8 Å². The van der Waals surface area contributed by atoms with E-state index < -0.39 is 5.54 Å². The molecule has 1 aromatic rings. The van der Waals surface area contributed by atoms with Gasteiger partial charge in [0.25, 0.3) is 5.91 Å². The number of nitrogens with one attached hydrogen (secondary N) is 1. The molecule has 0 aromatic heterocycles. The van der Waals surface area contributed by atoms with Crippen LogP contribution in [0.4, 0.5) is 5.69 Å². The van der Waals surface area contributed by atoms with Crippen LogP contribution in [0.15, 0.2) is 18.2 Å². The van der Waals surface area contributed by atoms with E-state index in [0.29, 0.717) is 29.1 Å². The summed E-state index contributed by atoms with van der Waals surface area (Å²) in [6, 6.07) is 4.77. The fraction of sp³-hybridized carbons (Fsp3) is 0.385. The first-order valence-corrected chi connectivity index (χ1v) is 6.33. The van der Waals surface area contributed by atoms with Gasteiger partial charge in [-0.1, -0.05) is 11.6 Å². The summed E-state index contributed by atoms with van der Waals surface area (Å²) in [5, 5.41) is 3.15. The highest BCUT2D eigenvalue weighted by molar-refractivity contribution is 6.31. The lowest BCUT2D eigenvalue weighted by atomic mass is 10.1. The number of amides is 2. The quantitative estimate of drug-likeness (QED) is 0.881. The molecule has 3 N–H and O–H groups in total. The Kier molecular flexibility index (Phi) is 3.52. The molecule has 1 aromatic carbocycles. The van der Waals surface area contributed by atoms with Gasteiger partial charge in [-0.25, -0.2) is 0 Å². The topological polar surface area (TPSA) is 75.4 Å². The van der Waals surface area contributed by atoms with Crippen molar-refractivity contribution < 1.29 is 9.59 Å². The fourth-order valence-electron chi connectivity index (χ4n) is 1.66. The fourth-order valence-corrected chi connectivity index (χ4v) is 1.83. The maximum absolute atomic E-state index is 12.0. The van der Waals surface area contributed by atoms with Gasteiger partial charge < -0.3 is 16.0 Å². The van der Waals surface area contributed by atoms with E-state index in [1.165, 1.54) is 4.90 Å².